The Morgan fingerprint density at radius 2 is 2.03 bits per heavy atom. The maximum Gasteiger partial charge on any atom is 0.238 e. The van der Waals surface area contributed by atoms with Crippen LogP contribution in [0.5, 0.6) is 0 Å². The highest BCUT2D eigenvalue weighted by atomic mass is 35.5. The summed E-state index contributed by atoms with van der Waals surface area (Å²) in [6.07, 6.45) is 3.36. The predicted octanol–water partition coefficient (Wildman–Crippen LogP) is 3.14. The lowest BCUT2D eigenvalue weighted by Gasteiger charge is -2.34. The van der Waals surface area contributed by atoms with E-state index < -0.39 is 11.6 Å². The van der Waals surface area contributed by atoms with Crippen molar-refractivity contribution in [3.63, 3.8) is 0 Å². The number of aromatic nitrogens is 4. The van der Waals surface area contributed by atoms with Crippen molar-refractivity contribution in [1.82, 2.24) is 30.8 Å². The number of H-pyrrole nitrogens is 1. The molecule has 0 unspecified atom stereocenters. The quantitative estimate of drug-likeness (QED) is 0.386. The molecule has 4 aromatic rings. The number of pyridine rings is 2. The Kier molecular flexibility index (Phi) is 5.84. The van der Waals surface area contributed by atoms with Gasteiger partial charge in [0.05, 0.1) is 33.6 Å². The molecule has 3 N–H and O–H groups in total. The lowest BCUT2D eigenvalue weighted by atomic mass is 10.0. The fraction of sp³-hybridized carbons (Fsp3) is 0.217. The molecule has 1 aliphatic rings. The minimum atomic E-state index is -0.839. The third-order valence-electron chi connectivity index (χ3n) is 5.81. The van der Waals surface area contributed by atoms with Crippen molar-refractivity contribution >= 4 is 34.2 Å². The van der Waals surface area contributed by atoms with Crippen molar-refractivity contribution in [2.24, 2.45) is 0 Å². The summed E-state index contributed by atoms with van der Waals surface area (Å²) in [5.41, 5.74) is 3.58. The Hall–Kier alpha value is -3.63. The molecule has 11 heteroatoms. The number of carbonyl (C=O) groups is 1. The molecule has 1 aliphatic heterocycles. The molecule has 1 fully saturated rings. The smallest absolute Gasteiger partial charge is 0.238 e. The molecule has 0 aliphatic carbocycles. The van der Waals surface area contributed by atoms with Crippen LogP contribution in [-0.4, -0.2) is 58.8 Å². The van der Waals surface area contributed by atoms with E-state index in [1.807, 2.05) is 12.1 Å². The predicted molar refractivity (Wildman–Crippen MR) is 126 cm³/mol. The molecule has 8 nitrogen and oxygen atoms in total. The first-order chi connectivity index (χ1) is 16.4. The van der Waals surface area contributed by atoms with E-state index >= 15 is 0 Å². The van der Waals surface area contributed by atoms with Crippen LogP contribution in [0.1, 0.15) is 0 Å². The van der Waals surface area contributed by atoms with E-state index in [9.17, 15) is 13.6 Å². The molecule has 1 saturated heterocycles. The standard InChI is InChI=1S/C23H20ClF2N7O/c1-27-23(34)21-11-33(5-4-28-21)12-6-20-19(29-9-12)3-2-18(31-20)14-10-30-32-22(14)13-7-15(24)17(26)8-16(13)25/h2-3,6-10,21,28H,4-5,11H2,1H3,(H,27,34)(H,30,32)/t21-/m0/s1. The van der Waals surface area contributed by atoms with Gasteiger partial charge in [0, 0.05) is 50.1 Å². The van der Waals surface area contributed by atoms with Gasteiger partial charge in [-0.15, -0.1) is 0 Å². The number of aromatic amines is 1. The number of anilines is 1. The molecule has 34 heavy (non-hydrogen) atoms. The van der Waals surface area contributed by atoms with Crippen LogP contribution in [0.3, 0.4) is 0 Å². The minimum absolute atomic E-state index is 0.0671. The first-order valence-corrected chi connectivity index (χ1v) is 11.0. The number of benzene rings is 1. The van der Waals surface area contributed by atoms with Crippen LogP contribution < -0.4 is 15.5 Å². The summed E-state index contributed by atoms with van der Waals surface area (Å²) < 4.78 is 28.1. The van der Waals surface area contributed by atoms with E-state index in [2.05, 4.69) is 30.7 Å². The second-order valence-electron chi connectivity index (χ2n) is 7.89. The van der Waals surface area contributed by atoms with Crippen molar-refractivity contribution in [1.29, 1.82) is 0 Å². The summed E-state index contributed by atoms with van der Waals surface area (Å²) in [7, 11) is 1.61. The van der Waals surface area contributed by atoms with E-state index in [0.717, 1.165) is 18.3 Å². The Labute approximate surface area is 198 Å². The van der Waals surface area contributed by atoms with Gasteiger partial charge in [0.2, 0.25) is 5.91 Å². The molecule has 0 radical (unpaired) electrons. The van der Waals surface area contributed by atoms with Crippen LogP contribution in [0.4, 0.5) is 14.5 Å². The normalized spacial score (nSPS) is 16.1. The third-order valence-corrected chi connectivity index (χ3v) is 6.10. The van der Waals surface area contributed by atoms with Gasteiger partial charge in [-0.1, -0.05) is 11.6 Å². The molecule has 0 bridgehead atoms. The molecular weight excluding hydrogens is 464 g/mol. The van der Waals surface area contributed by atoms with E-state index in [1.54, 1.807) is 25.5 Å². The Morgan fingerprint density at radius 3 is 2.85 bits per heavy atom. The van der Waals surface area contributed by atoms with Crippen molar-refractivity contribution < 1.29 is 13.6 Å². The Bertz CT molecular complexity index is 1390. The fourth-order valence-electron chi connectivity index (χ4n) is 4.05. The number of likely N-dealkylation sites (N-methyl/N-ethyl adjacent to an activating group) is 1. The summed E-state index contributed by atoms with van der Waals surface area (Å²) in [5.74, 6) is -1.68. The number of nitrogens with zero attached hydrogens (tertiary/aromatic N) is 4. The van der Waals surface area contributed by atoms with Gasteiger partial charge in [-0.25, -0.2) is 13.8 Å². The molecule has 5 rings (SSSR count). The average molecular weight is 484 g/mol. The van der Waals surface area contributed by atoms with Gasteiger partial charge >= 0.3 is 0 Å². The zero-order valence-corrected chi connectivity index (χ0v) is 18.8. The number of fused-ring (bicyclic) bond motifs is 1. The number of piperazine rings is 1. The number of nitrogens with one attached hydrogen (secondary N) is 3. The maximum atomic E-state index is 14.5. The first-order valence-electron chi connectivity index (χ1n) is 10.6. The number of amides is 1. The highest BCUT2D eigenvalue weighted by Gasteiger charge is 2.25. The summed E-state index contributed by atoms with van der Waals surface area (Å²) in [6.45, 7) is 1.88. The highest BCUT2D eigenvalue weighted by molar-refractivity contribution is 6.31. The molecule has 174 valence electrons. The molecule has 0 spiro atoms. The Balaban J connectivity index is 1.51. The van der Waals surface area contributed by atoms with Crippen LogP contribution in [0, 0.1) is 11.6 Å². The summed E-state index contributed by atoms with van der Waals surface area (Å²) >= 11 is 5.87. The minimum Gasteiger partial charge on any atom is -0.367 e. The second-order valence-corrected chi connectivity index (χ2v) is 8.30. The largest absolute Gasteiger partial charge is 0.367 e. The number of halogens is 3. The van der Waals surface area contributed by atoms with Crippen LogP contribution in [0.2, 0.25) is 5.02 Å². The topological polar surface area (TPSA) is 98.8 Å². The van der Waals surface area contributed by atoms with Gasteiger partial charge in [-0.2, -0.15) is 5.10 Å². The molecule has 3 aromatic heterocycles. The van der Waals surface area contributed by atoms with Crippen molar-refractivity contribution in [2.75, 3.05) is 31.6 Å². The van der Waals surface area contributed by atoms with Crippen molar-refractivity contribution in [3.05, 3.63) is 59.4 Å². The number of rotatable bonds is 4. The van der Waals surface area contributed by atoms with Crippen LogP contribution in [-0.2, 0) is 4.79 Å². The summed E-state index contributed by atoms with van der Waals surface area (Å²) in [5, 5.41) is 12.5. The monoisotopic (exact) mass is 483 g/mol. The number of hydrogen-bond donors (Lipinski definition) is 3. The maximum absolute atomic E-state index is 14.5. The third kappa shape index (κ3) is 4.06. The van der Waals surface area contributed by atoms with E-state index in [-0.39, 0.29) is 28.2 Å². The summed E-state index contributed by atoms with van der Waals surface area (Å²) in [6, 6.07) is 7.11. The van der Waals surface area contributed by atoms with Crippen molar-refractivity contribution in [3.8, 4) is 22.5 Å². The van der Waals surface area contributed by atoms with Crippen LogP contribution in [0.25, 0.3) is 33.5 Å². The zero-order valence-electron chi connectivity index (χ0n) is 18.1. The van der Waals surface area contributed by atoms with Crippen LogP contribution >= 0.6 is 11.6 Å². The zero-order chi connectivity index (χ0) is 23.8. The Morgan fingerprint density at radius 1 is 1.18 bits per heavy atom. The second kappa shape index (κ2) is 8.96. The first kappa shape index (κ1) is 22.2. The molecule has 0 saturated carbocycles. The number of carbonyl (C=O) groups excluding carboxylic acids is 1. The van der Waals surface area contributed by atoms with Crippen LogP contribution in [0.15, 0.2) is 42.7 Å². The van der Waals surface area contributed by atoms with Gasteiger partial charge in [0.15, 0.2) is 0 Å². The molecular formula is C23H20ClF2N7O. The van der Waals surface area contributed by atoms with Crippen molar-refractivity contribution in [2.45, 2.75) is 6.04 Å². The molecule has 1 atom stereocenters. The van der Waals surface area contributed by atoms with E-state index in [1.165, 1.54) is 6.07 Å². The average Bonchev–Trinajstić information content (AvgIpc) is 3.35. The van der Waals surface area contributed by atoms with Gasteiger partial charge in [0.25, 0.3) is 0 Å². The molecule has 4 heterocycles. The fourth-order valence-corrected chi connectivity index (χ4v) is 4.21. The van der Waals surface area contributed by atoms with Gasteiger partial charge in [-0.05, 0) is 24.3 Å². The summed E-state index contributed by atoms with van der Waals surface area (Å²) in [4.78, 5) is 23.4. The van der Waals surface area contributed by atoms with E-state index in [4.69, 9.17) is 16.6 Å². The van der Waals surface area contributed by atoms with Gasteiger partial charge in [0.1, 0.15) is 23.4 Å². The van der Waals surface area contributed by atoms with Gasteiger partial charge < -0.3 is 15.5 Å². The highest BCUT2D eigenvalue weighted by Crippen LogP contribution is 2.34. The SMILES string of the molecule is CNC(=O)[C@@H]1CN(c2cnc3ccc(-c4c[nH]nc4-c4cc(Cl)c(F)cc4F)nc3c2)CCN1. The molecule has 1 aromatic carbocycles. The number of hydrogen-bond acceptors (Lipinski definition) is 6. The van der Waals surface area contributed by atoms with Gasteiger partial charge in [-0.3, -0.25) is 14.9 Å². The lowest BCUT2D eigenvalue weighted by molar-refractivity contribution is -0.122. The lowest BCUT2D eigenvalue weighted by Crippen LogP contribution is -2.56. The van der Waals surface area contributed by atoms with E-state index in [0.29, 0.717) is 35.4 Å². The molecule has 1 amide bonds.